The van der Waals surface area contributed by atoms with E-state index in [0.29, 0.717) is 23.0 Å². The van der Waals surface area contributed by atoms with Crippen molar-refractivity contribution < 1.29 is 9.47 Å². The predicted octanol–water partition coefficient (Wildman–Crippen LogP) is 2.98. The van der Waals surface area contributed by atoms with Crippen molar-refractivity contribution in [3.63, 3.8) is 0 Å². The van der Waals surface area contributed by atoms with Gasteiger partial charge in [0.15, 0.2) is 5.16 Å². The van der Waals surface area contributed by atoms with Crippen LogP contribution in [0.3, 0.4) is 0 Å². The molecule has 0 amide bonds. The molecular weight excluding hydrogens is 300 g/mol. The Bertz CT molecular complexity index is 479. The molecule has 1 heterocycles. The molecule has 0 aliphatic heterocycles. The first-order valence-electron chi connectivity index (χ1n) is 7.18. The summed E-state index contributed by atoms with van der Waals surface area (Å²) in [5.41, 5.74) is 3.05. The molecule has 1 rings (SSSR count). The summed E-state index contributed by atoms with van der Waals surface area (Å²) in [5, 5.41) is 5.02. The molecule has 0 aromatic carbocycles. The average Bonchev–Trinajstić information content (AvgIpc) is 2.44. The maximum absolute atomic E-state index is 5.19. The predicted molar refractivity (Wildman–Crippen MR) is 91.0 cm³/mol. The van der Waals surface area contributed by atoms with Crippen LogP contribution in [-0.2, 0) is 0 Å². The molecule has 0 saturated heterocycles. The second kappa shape index (κ2) is 8.22. The van der Waals surface area contributed by atoms with E-state index in [1.54, 1.807) is 20.3 Å². The number of methoxy groups -OCH3 is 2. The number of hydrogen-bond acceptors (Lipinski definition) is 7. The lowest BCUT2D eigenvalue weighted by Crippen LogP contribution is -2.27. The van der Waals surface area contributed by atoms with E-state index in [2.05, 4.69) is 41.3 Å². The topological polar surface area (TPSA) is 68.6 Å². The molecule has 22 heavy (non-hydrogen) atoms. The molecule has 1 aromatic rings. The molecule has 7 heteroatoms. The Labute approximate surface area is 137 Å². The van der Waals surface area contributed by atoms with Crippen LogP contribution in [0.1, 0.15) is 34.6 Å². The zero-order chi connectivity index (χ0) is 16.8. The van der Waals surface area contributed by atoms with Gasteiger partial charge in [-0.15, -0.1) is 0 Å². The highest BCUT2D eigenvalue weighted by Crippen LogP contribution is 2.34. The average molecular weight is 326 g/mol. The minimum Gasteiger partial charge on any atom is -0.481 e. The molecule has 0 saturated carbocycles. The first kappa shape index (κ1) is 18.5. The Balaban J connectivity index is 2.96. The summed E-state index contributed by atoms with van der Waals surface area (Å²) in [6, 6.07) is 1.96. The zero-order valence-electron chi connectivity index (χ0n) is 14.4. The van der Waals surface area contributed by atoms with Crippen LogP contribution < -0.4 is 14.9 Å². The van der Waals surface area contributed by atoms with Gasteiger partial charge in [-0.25, -0.2) is 0 Å². The molecule has 1 aromatic heterocycles. The van der Waals surface area contributed by atoms with E-state index in [1.165, 1.54) is 11.8 Å². The van der Waals surface area contributed by atoms with Gasteiger partial charge in [0.25, 0.3) is 0 Å². The van der Waals surface area contributed by atoms with E-state index in [-0.39, 0.29) is 10.7 Å². The molecule has 0 spiro atoms. The van der Waals surface area contributed by atoms with Gasteiger partial charge in [-0.05, 0) is 19.3 Å². The minimum atomic E-state index is 0.00645. The van der Waals surface area contributed by atoms with Gasteiger partial charge in [0, 0.05) is 12.3 Å². The Kier molecular flexibility index (Phi) is 6.93. The fraction of sp³-hybridized carbons (Fsp3) is 0.667. The molecule has 1 unspecified atom stereocenters. The van der Waals surface area contributed by atoms with E-state index in [1.807, 2.05) is 20.1 Å². The molecule has 0 fully saturated rings. The number of hydrogen-bond donors (Lipinski definition) is 1. The van der Waals surface area contributed by atoms with Gasteiger partial charge in [-0.1, -0.05) is 32.5 Å². The summed E-state index contributed by atoms with van der Waals surface area (Å²) in [7, 11) is 3.15. The molecule has 1 atom stereocenters. The summed E-state index contributed by atoms with van der Waals surface area (Å²) in [4.78, 5) is 8.73. The maximum atomic E-state index is 5.19. The fourth-order valence-corrected chi connectivity index (χ4v) is 2.44. The van der Waals surface area contributed by atoms with Gasteiger partial charge in [0.05, 0.1) is 25.5 Å². The van der Waals surface area contributed by atoms with Crippen LogP contribution in [0.4, 0.5) is 0 Å². The third-order valence-corrected chi connectivity index (χ3v) is 4.18. The summed E-state index contributed by atoms with van der Waals surface area (Å²) in [6.45, 7) is 10.6. The summed E-state index contributed by atoms with van der Waals surface area (Å²) in [6.07, 6.45) is 1.90. The van der Waals surface area contributed by atoms with Crippen LogP contribution in [0.5, 0.6) is 11.8 Å². The molecule has 124 valence electrons. The molecule has 0 aliphatic rings. The van der Waals surface area contributed by atoms with Crippen molar-refractivity contribution in [2.24, 2.45) is 10.5 Å². The van der Waals surface area contributed by atoms with Crippen molar-refractivity contribution in [3.8, 4) is 11.8 Å². The van der Waals surface area contributed by atoms with Crippen LogP contribution in [0.25, 0.3) is 0 Å². The lowest BCUT2D eigenvalue weighted by atomic mass is 9.92. The maximum Gasteiger partial charge on any atom is 0.220 e. The summed E-state index contributed by atoms with van der Waals surface area (Å²) >= 11 is 1.53. The quantitative estimate of drug-likeness (QED) is 0.359. The van der Waals surface area contributed by atoms with E-state index < -0.39 is 0 Å². The second-order valence-electron chi connectivity index (χ2n) is 6.20. The number of hydrazone groups is 1. The van der Waals surface area contributed by atoms with E-state index >= 15 is 0 Å². The third-order valence-electron chi connectivity index (χ3n) is 2.71. The molecule has 0 radical (unpaired) electrons. The van der Waals surface area contributed by atoms with Crippen LogP contribution in [-0.4, -0.2) is 41.7 Å². The fourth-order valence-electron chi connectivity index (χ4n) is 1.45. The summed E-state index contributed by atoms with van der Waals surface area (Å²) < 4.78 is 10.4. The summed E-state index contributed by atoms with van der Waals surface area (Å²) in [5.74, 6) is 0.971. The van der Waals surface area contributed by atoms with Crippen LogP contribution in [0.2, 0.25) is 0 Å². The van der Waals surface area contributed by atoms with Gasteiger partial charge in [0.2, 0.25) is 11.8 Å². The van der Waals surface area contributed by atoms with Crippen LogP contribution in [0, 0.1) is 5.41 Å². The number of aromatic nitrogens is 2. The van der Waals surface area contributed by atoms with E-state index in [9.17, 15) is 0 Å². The third kappa shape index (κ3) is 6.09. The van der Waals surface area contributed by atoms with E-state index in [0.717, 1.165) is 0 Å². The number of nitrogens with one attached hydrogen (secondary N) is 1. The van der Waals surface area contributed by atoms with Crippen molar-refractivity contribution in [1.29, 1.82) is 0 Å². The van der Waals surface area contributed by atoms with Gasteiger partial charge in [-0.2, -0.15) is 15.1 Å². The largest absolute Gasteiger partial charge is 0.481 e. The van der Waals surface area contributed by atoms with Crippen molar-refractivity contribution in [1.82, 2.24) is 15.4 Å². The Morgan fingerprint density at radius 3 is 2.14 bits per heavy atom. The van der Waals surface area contributed by atoms with Crippen LogP contribution >= 0.6 is 11.8 Å². The number of rotatable bonds is 7. The molecular formula is C15H26N4O2S. The number of nitrogens with zero attached hydrogens (tertiary/aromatic N) is 3. The van der Waals surface area contributed by atoms with E-state index in [4.69, 9.17) is 9.47 Å². The highest BCUT2D eigenvalue weighted by molar-refractivity contribution is 8.00. The lowest BCUT2D eigenvalue weighted by Gasteiger charge is -2.26. The molecule has 6 nitrogen and oxygen atoms in total. The molecule has 1 N–H and O–H groups in total. The van der Waals surface area contributed by atoms with Crippen molar-refractivity contribution in [3.05, 3.63) is 6.07 Å². The van der Waals surface area contributed by atoms with Crippen molar-refractivity contribution in [2.45, 2.75) is 51.1 Å². The Morgan fingerprint density at radius 2 is 1.73 bits per heavy atom. The lowest BCUT2D eigenvalue weighted by molar-refractivity contribution is 0.364. The smallest absolute Gasteiger partial charge is 0.220 e. The second-order valence-corrected chi connectivity index (χ2v) is 7.31. The highest BCUT2D eigenvalue weighted by atomic mass is 32.2. The van der Waals surface area contributed by atoms with Gasteiger partial charge in [-0.3, -0.25) is 0 Å². The SMILES string of the molecule is COc1cc(OC)nc(SC(/C=N/NC(C)C)C(C)(C)C)n1. The normalized spacial score (nSPS) is 13.5. The first-order valence-corrected chi connectivity index (χ1v) is 8.06. The standard InChI is InChI=1S/C15H26N4O2S/c1-10(2)19-16-9-11(15(3,4)5)22-14-17-12(20-6)8-13(18-14)21-7/h8-11,19H,1-7H3/b16-9+. The van der Waals surface area contributed by atoms with Gasteiger partial charge < -0.3 is 14.9 Å². The van der Waals surface area contributed by atoms with Crippen molar-refractivity contribution in [2.75, 3.05) is 14.2 Å². The molecule has 0 bridgehead atoms. The van der Waals surface area contributed by atoms with Gasteiger partial charge in [0.1, 0.15) is 0 Å². The van der Waals surface area contributed by atoms with Crippen molar-refractivity contribution >= 4 is 18.0 Å². The van der Waals surface area contributed by atoms with Crippen LogP contribution in [0.15, 0.2) is 16.3 Å². The number of ether oxygens (including phenoxy) is 2. The minimum absolute atomic E-state index is 0.00645. The number of thioether (sulfide) groups is 1. The Hall–Kier alpha value is -1.50. The van der Waals surface area contributed by atoms with Gasteiger partial charge >= 0.3 is 0 Å². The molecule has 0 aliphatic carbocycles. The highest BCUT2D eigenvalue weighted by Gasteiger charge is 2.26. The Morgan fingerprint density at radius 1 is 1.18 bits per heavy atom. The zero-order valence-corrected chi connectivity index (χ0v) is 15.2. The monoisotopic (exact) mass is 326 g/mol. The first-order chi connectivity index (χ1) is 10.3.